The van der Waals surface area contributed by atoms with Crippen molar-refractivity contribution in [1.82, 2.24) is 0 Å². The van der Waals surface area contributed by atoms with Crippen molar-refractivity contribution in [2.45, 2.75) is 288 Å². The maximum Gasteiger partial charge on any atom is 0.472 e. The molecule has 0 aromatic carbocycles. The summed E-state index contributed by atoms with van der Waals surface area (Å²) in [6.45, 7) is 3.32. The van der Waals surface area contributed by atoms with Gasteiger partial charge in [-0.25, -0.2) is 4.57 Å². The Morgan fingerprint density at radius 1 is 0.462 bits per heavy atom. The van der Waals surface area contributed by atoms with E-state index in [9.17, 15) is 44.6 Å². The van der Waals surface area contributed by atoms with Gasteiger partial charge in [-0.05, 0) is 38.5 Å². The Hall–Kier alpha value is -1.41. The van der Waals surface area contributed by atoms with E-state index in [0.29, 0.717) is 12.8 Å². The molecular weight excluding hydrogens is 852 g/mol. The summed E-state index contributed by atoms with van der Waals surface area (Å²) in [6.07, 6.45) is 32.6. The first kappa shape index (κ1) is 61.6. The van der Waals surface area contributed by atoms with Gasteiger partial charge >= 0.3 is 19.8 Å². The van der Waals surface area contributed by atoms with Crippen LogP contribution in [0.15, 0.2) is 12.2 Å². The third-order valence-electron chi connectivity index (χ3n) is 12.6. The third-order valence-corrected chi connectivity index (χ3v) is 13.6. The van der Waals surface area contributed by atoms with Crippen molar-refractivity contribution in [2.24, 2.45) is 0 Å². The summed E-state index contributed by atoms with van der Waals surface area (Å²) < 4.78 is 33.6. The lowest BCUT2D eigenvalue weighted by Crippen LogP contribution is -2.64. The molecule has 1 rings (SSSR count). The zero-order chi connectivity index (χ0) is 47.8. The number of allylic oxidation sites excluding steroid dienone is 2. The summed E-state index contributed by atoms with van der Waals surface area (Å²) >= 11 is 0. The van der Waals surface area contributed by atoms with E-state index in [1.807, 2.05) is 0 Å². The minimum absolute atomic E-state index is 0.101. The van der Waals surface area contributed by atoms with Gasteiger partial charge in [0.2, 0.25) is 0 Å². The maximum absolute atomic E-state index is 12.8. The van der Waals surface area contributed by atoms with Gasteiger partial charge in [0.15, 0.2) is 6.10 Å². The number of rotatable bonds is 45. The number of esters is 2. The fourth-order valence-corrected chi connectivity index (χ4v) is 9.32. The molecule has 0 amide bonds. The number of aliphatic hydroxyl groups excluding tert-OH is 5. The molecule has 8 atom stereocenters. The van der Waals surface area contributed by atoms with Gasteiger partial charge in [0.1, 0.15) is 43.2 Å². The summed E-state index contributed by atoms with van der Waals surface area (Å²) in [7, 11) is -5.12. The lowest BCUT2D eigenvalue weighted by atomic mass is 9.85. The molecule has 0 radical (unpaired) electrons. The number of ether oxygens (including phenoxy) is 2. The van der Waals surface area contributed by atoms with Crippen molar-refractivity contribution in [2.75, 3.05) is 13.2 Å². The summed E-state index contributed by atoms with van der Waals surface area (Å²) in [5.74, 6) is -1.09. The van der Waals surface area contributed by atoms with E-state index < -0.39 is 75.7 Å². The molecule has 1 fully saturated rings. The van der Waals surface area contributed by atoms with Crippen molar-refractivity contribution >= 4 is 19.8 Å². The van der Waals surface area contributed by atoms with Crippen LogP contribution in [0.3, 0.4) is 0 Å². The first-order chi connectivity index (χ1) is 31.4. The Bertz CT molecular complexity index is 1190. The van der Waals surface area contributed by atoms with Crippen LogP contribution in [0.25, 0.3) is 0 Å². The van der Waals surface area contributed by atoms with Gasteiger partial charge < -0.3 is 39.9 Å². The predicted octanol–water partition coefficient (Wildman–Crippen LogP) is 11.4. The van der Waals surface area contributed by atoms with Gasteiger partial charge in [0.05, 0.1) is 6.61 Å². The number of hydrogen-bond acceptors (Lipinski definition) is 12. The van der Waals surface area contributed by atoms with E-state index in [2.05, 4.69) is 26.0 Å². The molecule has 14 heteroatoms. The van der Waals surface area contributed by atoms with Gasteiger partial charge in [-0.3, -0.25) is 18.6 Å². The van der Waals surface area contributed by atoms with Gasteiger partial charge in [0, 0.05) is 12.8 Å². The maximum atomic E-state index is 12.8. The summed E-state index contributed by atoms with van der Waals surface area (Å²) in [5.41, 5.74) is 0. The van der Waals surface area contributed by atoms with E-state index in [1.165, 1.54) is 148 Å². The molecule has 13 nitrogen and oxygen atoms in total. The van der Waals surface area contributed by atoms with Gasteiger partial charge in [-0.15, -0.1) is 0 Å². The topological polar surface area (TPSA) is 210 Å². The second-order valence-electron chi connectivity index (χ2n) is 18.7. The van der Waals surface area contributed by atoms with Crippen molar-refractivity contribution < 1.29 is 63.1 Å². The van der Waals surface area contributed by atoms with Gasteiger partial charge in [-0.2, -0.15) is 0 Å². The van der Waals surface area contributed by atoms with E-state index in [1.54, 1.807) is 0 Å². The number of aliphatic hydroxyl groups is 5. The van der Waals surface area contributed by atoms with Crippen LogP contribution in [-0.2, 0) is 32.7 Å². The van der Waals surface area contributed by atoms with Crippen molar-refractivity contribution in [1.29, 1.82) is 0 Å². The molecule has 0 aliphatic heterocycles. The molecule has 6 N–H and O–H groups in total. The molecule has 0 bridgehead atoms. The van der Waals surface area contributed by atoms with Crippen LogP contribution in [0.4, 0.5) is 0 Å². The summed E-state index contributed by atoms with van der Waals surface area (Å²) in [4.78, 5) is 35.8. The molecule has 0 heterocycles. The van der Waals surface area contributed by atoms with Gasteiger partial charge in [-0.1, -0.05) is 206 Å². The highest BCUT2D eigenvalue weighted by atomic mass is 31.2. The standard InChI is InChI=1S/C51H97O13P/c1-3-5-7-9-11-13-15-17-19-20-21-22-23-24-25-26-28-30-32-34-36-38-40-45(53)63-43(42-62-65(59,60)64-51-49(57)47(55)46(54)48(56)50(51)58)41-61-44(52)39-37-35-33-31-29-27-18-16-14-12-10-8-6-4-2/h16,18,43,46-51,54-58H,3-15,17,19-42H2,1-2H3,(H,59,60)/b18-16+/t43-,46?,47-,48?,49?,50?,51?/m1/s1. The highest BCUT2D eigenvalue weighted by molar-refractivity contribution is 7.47. The molecule has 1 aliphatic carbocycles. The number of phosphoric acid groups is 1. The molecule has 65 heavy (non-hydrogen) atoms. The van der Waals surface area contributed by atoms with E-state index in [4.69, 9.17) is 18.5 Å². The number of carbonyl (C=O) groups is 2. The molecule has 0 spiro atoms. The Balaban J connectivity index is 2.35. The van der Waals surface area contributed by atoms with E-state index in [0.717, 1.165) is 57.8 Å². The summed E-state index contributed by atoms with van der Waals surface area (Å²) in [5, 5.41) is 50.3. The Morgan fingerprint density at radius 2 is 0.785 bits per heavy atom. The minimum Gasteiger partial charge on any atom is -0.462 e. The second kappa shape index (κ2) is 41.6. The molecule has 0 saturated heterocycles. The Kier molecular flexibility index (Phi) is 39.4. The summed E-state index contributed by atoms with van der Waals surface area (Å²) in [6, 6.07) is 0. The fraction of sp³-hybridized carbons (Fsp3) is 0.922. The molecule has 0 aromatic heterocycles. The van der Waals surface area contributed by atoms with Crippen LogP contribution in [0.5, 0.6) is 0 Å². The lowest BCUT2D eigenvalue weighted by molar-refractivity contribution is -0.220. The quantitative estimate of drug-likeness (QED) is 0.0145. The SMILES string of the molecule is CCCCCCC/C=C/CCCCCCCC(=O)OC[C@H](COP(=O)(O)OC1C(O)C(O)C(O)[C@@H](O)C1O)OC(=O)CCCCCCCCCCCCCCCCCCCCCCCC. The average Bonchev–Trinajstić information content (AvgIpc) is 3.29. The molecule has 1 saturated carbocycles. The molecular formula is C51H97O13P. The van der Waals surface area contributed by atoms with Crippen molar-refractivity contribution in [3.63, 3.8) is 0 Å². The number of hydrogen-bond donors (Lipinski definition) is 6. The van der Waals surface area contributed by atoms with E-state index >= 15 is 0 Å². The largest absolute Gasteiger partial charge is 0.472 e. The van der Waals surface area contributed by atoms with Gasteiger partial charge in [0.25, 0.3) is 0 Å². The first-order valence-electron chi connectivity index (χ1n) is 26.5. The fourth-order valence-electron chi connectivity index (χ4n) is 8.34. The Labute approximate surface area is 394 Å². The number of unbranched alkanes of at least 4 members (excludes halogenated alkanes) is 31. The molecule has 384 valence electrons. The number of phosphoric ester groups is 1. The van der Waals surface area contributed by atoms with Crippen LogP contribution >= 0.6 is 7.82 Å². The third kappa shape index (κ3) is 33.7. The Morgan fingerprint density at radius 3 is 1.17 bits per heavy atom. The van der Waals surface area contributed by atoms with Crippen LogP contribution < -0.4 is 0 Å². The first-order valence-corrected chi connectivity index (χ1v) is 28.0. The highest BCUT2D eigenvalue weighted by Crippen LogP contribution is 2.47. The zero-order valence-corrected chi connectivity index (χ0v) is 41.9. The second-order valence-corrected chi connectivity index (χ2v) is 20.1. The van der Waals surface area contributed by atoms with Crippen molar-refractivity contribution in [3.8, 4) is 0 Å². The lowest BCUT2D eigenvalue weighted by Gasteiger charge is -2.41. The number of carbonyl (C=O) groups excluding carboxylic acids is 2. The monoisotopic (exact) mass is 949 g/mol. The molecule has 0 aromatic rings. The van der Waals surface area contributed by atoms with Crippen LogP contribution in [0.1, 0.15) is 245 Å². The smallest absolute Gasteiger partial charge is 0.462 e. The highest BCUT2D eigenvalue weighted by Gasteiger charge is 2.51. The van der Waals surface area contributed by atoms with E-state index in [-0.39, 0.29) is 12.8 Å². The minimum atomic E-state index is -5.12. The normalized spacial score (nSPS) is 21.4. The predicted molar refractivity (Wildman–Crippen MR) is 258 cm³/mol. The average molecular weight is 949 g/mol. The van der Waals surface area contributed by atoms with Crippen molar-refractivity contribution in [3.05, 3.63) is 12.2 Å². The van der Waals surface area contributed by atoms with Crippen LogP contribution in [0.2, 0.25) is 0 Å². The molecule has 6 unspecified atom stereocenters. The zero-order valence-electron chi connectivity index (χ0n) is 41.1. The molecule has 1 aliphatic rings. The van der Waals surface area contributed by atoms with Crippen LogP contribution in [-0.4, -0.2) is 98.3 Å². The van der Waals surface area contributed by atoms with Crippen LogP contribution in [0, 0.1) is 0 Å².